The summed E-state index contributed by atoms with van der Waals surface area (Å²) in [4.78, 5) is 15.5. The lowest BCUT2D eigenvalue weighted by Crippen LogP contribution is -2.19. The van der Waals surface area contributed by atoms with Crippen LogP contribution < -0.4 is 0 Å². The first kappa shape index (κ1) is 17.5. The van der Waals surface area contributed by atoms with E-state index in [1.54, 1.807) is 18.2 Å². The van der Waals surface area contributed by atoms with Gasteiger partial charge in [-0.05, 0) is 55.4 Å². The van der Waals surface area contributed by atoms with E-state index in [2.05, 4.69) is 18.8 Å². The Morgan fingerprint density at radius 3 is 2.70 bits per heavy atom. The molecule has 1 fully saturated rings. The summed E-state index contributed by atoms with van der Waals surface area (Å²) >= 11 is 0. The van der Waals surface area contributed by atoms with Crippen LogP contribution >= 0.6 is 0 Å². The van der Waals surface area contributed by atoms with E-state index in [-0.39, 0.29) is 11.7 Å². The number of carboxylic acid groups (broad SMARTS) is 1. The van der Waals surface area contributed by atoms with Crippen LogP contribution in [-0.4, -0.2) is 23.1 Å². The fourth-order valence-electron chi connectivity index (χ4n) is 2.96. The summed E-state index contributed by atoms with van der Waals surface area (Å²) < 4.78 is 6.12. The number of nitrogens with zero attached hydrogens (tertiary/aromatic N) is 1. The second kappa shape index (κ2) is 7.62. The van der Waals surface area contributed by atoms with E-state index >= 15 is 0 Å². The van der Waals surface area contributed by atoms with Crippen LogP contribution in [-0.2, 0) is 4.74 Å². The van der Waals surface area contributed by atoms with Gasteiger partial charge in [0.2, 0.25) is 0 Å². The maximum Gasteiger partial charge on any atom is 0.335 e. The zero-order valence-corrected chi connectivity index (χ0v) is 14.5. The third kappa shape index (κ3) is 4.81. The molecule has 126 valence electrons. The summed E-state index contributed by atoms with van der Waals surface area (Å²) in [6.07, 6.45) is 4.93. The first-order chi connectivity index (χ1) is 10.9. The molecule has 4 nitrogen and oxygen atoms in total. The smallest absolute Gasteiger partial charge is 0.335 e. The molecule has 0 heterocycles. The highest BCUT2D eigenvalue weighted by Gasteiger charge is 2.40. The lowest BCUT2D eigenvalue weighted by atomic mass is 10.1. The van der Waals surface area contributed by atoms with E-state index in [0.29, 0.717) is 11.8 Å². The Bertz CT molecular complexity index is 594. The summed E-state index contributed by atoms with van der Waals surface area (Å²) in [7, 11) is 0. The van der Waals surface area contributed by atoms with Gasteiger partial charge < -0.3 is 9.84 Å². The molecule has 1 aliphatic carbocycles. The molecular weight excluding hydrogens is 290 g/mol. The molecule has 0 aliphatic heterocycles. The predicted octanol–water partition coefficient (Wildman–Crippen LogP) is 4.97. The standard InChI is InChI=1S/C19H27NO3/c1-5-6-7-18(16-11-12(16)2)23-14(4)20-17-9-8-15(19(21)22)10-13(17)3/h8-10,12,16,18H,5-7,11H2,1-4H3,(H,21,22). The molecule has 0 saturated heterocycles. The monoisotopic (exact) mass is 317 g/mol. The molecule has 3 atom stereocenters. The first-order valence-corrected chi connectivity index (χ1v) is 8.48. The number of aryl methyl sites for hydroxylation is 1. The van der Waals surface area contributed by atoms with Crippen molar-refractivity contribution in [1.29, 1.82) is 0 Å². The number of ether oxygens (including phenoxy) is 1. The Morgan fingerprint density at radius 2 is 2.17 bits per heavy atom. The van der Waals surface area contributed by atoms with Gasteiger partial charge in [0.25, 0.3) is 0 Å². The van der Waals surface area contributed by atoms with Crippen molar-refractivity contribution in [3.05, 3.63) is 29.3 Å². The molecule has 0 amide bonds. The van der Waals surface area contributed by atoms with Gasteiger partial charge >= 0.3 is 5.97 Å². The largest absolute Gasteiger partial charge is 0.478 e. The number of aromatic carboxylic acids is 1. The minimum Gasteiger partial charge on any atom is -0.478 e. The highest BCUT2D eigenvalue weighted by molar-refractivity contribution is 5.88. The highest BCUT2D eigenvalue weighted by Crippen LogP contribution is 2.43. The Balaban J connectivity index is 2.07. The second-order valence-corrected chi connectivity index (χ2v) is 6.61. The van der Waals surface area contributed by atoms with Crippen molar-refractivity contribution in [2.45, 2.75) is 59.5 Å². The van der Waals surface area contributed by atoms with E-state index in [1.807, 2.05) is 13.8 Å². The van der Waals surface area contributed by atoms with Gasteiger partial charge in [0, 0.05) is 6.92 Å². The van der Waals surface area contributed by atoms with Gasteiger partial charge in [-0.3, -0.25) is 0 Å². The average Bonchev–Trinajstić information content (AvgIpc) is 3.22. The molecule has 0 spiro atoms. The molecule has 1 aromatic rings. The molecule has 0 radical (unpaired) electrons. The predicted molar refractivity (Wildman–Crippen MR) is 92.6 cm³/mol. The van der Waals surface area contributed by atoms with Gasteiger partial charge in [-0.25, -0.2) is 9.79 Å². The molecule has 4 heteroatoms. The van der Waals surface area contributed by atoms with E-state index in [1.165, 1.54) is 19.3 Å². The molecule has 1 N–H and O–H groups in total. The molecule has 23 heavy (non-hydrogen) atoms. The third-order valence-corrected chi connectivity index (χ3v) is 4.54. The molecule has 2 rings (SSSR count). The van der Waals surface area contributed by atoms with Crippen LogP contribution in [0.4, 0.5) is 5.69 Å². The van der Waals surface area contributed by atoms with Gasteiger partial charge in [0.1, 0.15) is 6.10 Å². The van der Waals surface area contributed by atoms with Crippen LogP contribution in [0, 0.1) is 18.8 Å². The van der Waals surface area contributed by atoms with Gasteiger partial charge in [-0.1, -0.05) is 26.7 Å². The maximum atomic E-state index is 11.0. The Labute approximate surface area is 138 Å². The van der Waals surface area contributed by atoms with Crippen LogP contribution in [0.15, 0.2) is 23.2 Å². The average molecular weight is 317 g/mol. The van der Waals surface area contributed by atoms with Crippen LogP contribution in [0.1, 0.15) is 62.4 Å². The third-order valence-electron chi connectivity index (χ3n) is 4.54. The minimum atomic E-state index is -0.918. The van der Waals surface area contributed by atoms with E-state index in [9.17, 15) is 4.79 Å². The number of hydrogen-bond donors (Lipinski definition) is 1. The van der Waals surface area contributed by atoms with E-state index in [0.717, 1.165) is 23.6 Å². The number of carboxylic acids is 1. The fraction of sp³-hybridized carbons (Fsp3) is 0.579. The molecule has 1 aromatic carbocycles. The molecule has 3 unspecified atom stereocenters. The minimum absolute atomic E-state index is 0.257. The number of carbonyl (C=O) groups is 1. The number of unbranched alkanes of at least 4 members (excludes halogenated alkanes) is 1. The van der Waals surface area contributed by atoms with Crippen molar-refractivity contribution in [2.75, 3.05) is 0 Å². The number of rotatable bonds is 7. The van der Waals surface area contributed by atoms with Gasteiger partial charge in [0.05, 0.1) is 11.3 Å². The summed E-state index contributed by atoms with van der Waals surface area (Å²) in [5.74, 6) is 1.15. The van der Waals surface area contributed by atoms with Crippen molar-refractivity contribution in [2.24, 2.45) is 16.8 Å². The Kier molecular flexibility index (Phi) is 5.80. The van der Waals surface area contributed by atoms with Crippen LogP contribution in [0.25, 0.3) is 0 Å². The highest BCUT2D eigenvalue weighted by atomic mass is 16.5. The topological polar surface area (TPSA) is 58.9 Å². The quantitative estimate of drug-likeness (QED) is 0.570. The number of aliphatic imine (C=N–C) groups is 1. The lowest BCUT2D eigenvalue weighted by molar-refractivity contribution is 0.0697. The Morgan fingerprint density at radius 1 is 1.48 bits per heavy atom. The fourth-order valence-corrected chi connectivity index (χ4v) is 2.96. The van der Waals surface area contributed by atoms with Crippen molar-refractivity contribution in [3.8, 4) is 0 Å². The summed E-state index contributed by atoms with van der Waals surface area (Å²) in [6.45, 7) is 8.22. The second-order valence-electron chi connectivity index (χ2n) is 6.61. The van der Waals surface area contributed by atoms with Gasteiger partial charge in [-0.15, -0.1) is 0 Å². The van der Waals surface area contributed by atoms with Gasteiger partial charge in [0.15, 0.2) is 5.90 Å². The van der Waals surface area contributed by atoms with E-state index < -0.39 is 5.97 Å². The normalized spacial score (nSPS) is 21.8. The SMILES string of the molecule is CCCCC(OC(C)=Nc1ccc(C(=O)O)cc1C)C1CC1C. The van der Waals surface area contributed by atoms with Gasteiger partial charge in [-0.2, -0.15) is 0 Å². The van der Waals surface area contributed by atoms with Crippen molar-refractivity contribution < 1.29 is 14.6 Å². The molecule has 0 bridgehead atoms. The van der Waals surface area contributed by atoms with Crippen LogP contribution in [0.3, 0.4) is 0 Å². The molecular formula is C19H27NO3. The summed E-state index contributed by atoms with van der Waals surface area (Å²) in [5, 5.41) is 9.02. The van der Waals surface area contributed by atoms with Crippen LogP contribution in [0.5, 0.6) is 0 Å². The van der Waals surface area contributed by atoms with Crippen molar-refractivity contribution in [3.63, 3.8) is 0 Å². The first-order valence-electron chi connectivity index (χ1n) is 8.48. The molecule has 1 aliphatic rings. The molecule has 0 aromatic heterocycles. The van der Waals surface area contributed by atoms with Crippen molar-refractivity contribution >= 4 is 17.6 Å². The summed E-state index contributed by atoms with van der Waals surface area (Å²) in [6, 6.07) is 4.97. The Hall–Kier alpha value is -1.84. The maximum absolute atomic E-state index is 11.0. The lowest BCUT2D eigenvalue weighted by Gasteiger charge is -2.19. The number of benzene rings is 1. The summed E-state index contributed by atoms with van der Waals surface area (Å²) in [5.41, 5.74) is 1.90. The molecule has 1 saturated carbocycles. The zero-order valence-electron chi connectivity index (χ0n) is 14.5. The van der Waals surface area contributed by atoms with Crippen molar-refractivity contribution in [1.82, 2.24) is 0 Å². The number of hydrogen-bond acceptors (Lipinski definition) is 3. The zero-order chi connectivity index (χ0) is 17.0. The van der Waals surface area contributed by atoms with E-state index in [4.69, 9.17) is 9.84 Å². The van der Waals surface area contributed by atoms with Crippen LogP contribution in [0.2, 0.25) is 0 Å².